The van der Waals surface area contributed by atoms with Gasteiger partial charge in [0.05, 0.1) is 30.6 Å². The normalized spacial score (nSPS) is 17.9. The van der Waals surface area contributed by atoms with Crippen molar-refractivity contribution in [3.8, 4) is 5.75 Å². The third kappa shape index (κ3) is 3.42. The molecule has 1 aliphatic heterocycles. The van der Waals surface area contributed by atoms with Crippen LogP contribution < -0.4 is 9.64 Å². The van der Waals surface area contributed by atoms with Crippen LogP contribution in [0.15, 0.2) is 78.6 Å². The molecular weight excluding hydrogens is 404 g/mol. The molecule has 6 nitrogen and oxygen atoms in total. The van der Waals surface area contributed by atoms with Crippen molar-refractivity contribution in [3.63, 3.8) is 0 Å². The van der Waals surface area contributed by atoms with Crippen molar-refractivity contribution in [1.29, 1.82) is 0 Å². The number of hydrogen-bond donors (Lipinski definition) is 1. The zero-order valence-corrected chi connectivity index (χ0v) is 16.7. The fraction of sp³-hybridized carbons (Fsp3) is 0.0870. The van der Waals surface area contributed by atoms with Crippen LogP contribution in [0.5, 0.6) is 5.75 Å². The molecule has 1 amide bonds. The number of ether oxygens (including phenoxy) is 1. The highest BCUT2D eigenvalue weighted by Gasteiger charge is 2.47. The Kier molecular flexibility index (Phi) is 5.25. The van der Waals surface area contributed by atoms with Gasteiger partial charge in [0.25, 0.3) is 11.7 Å². The molecule has 150 valence electrons. The minimum Gasteiger partial charge on any atom is -0.507 e. The van der Waals surface area contributed by atoms with E-state index in [0.29, 0.717) is 27.6 Å². The fourth-order valence-electron chi connectivity index (χ4n) is 3.46. The van der Waals surface area contributed by atoms with Gasteiger partial charge in [0.2, 0.25) is 0 Å². The number of aliphatic hydroxyl groups excluding tert-OH is 1. The summed E-state index contributed by atoms with van der Waals surface area (Å²) in [4.78, 5) is 31.4. The van der Waals surface area contributed by atoms with Gasteiger partial charge in [0.1, 0.15) is 11.5 Å². The molecule has 7 heteroatoms. The van der Waals surface area contributed by atoms with Crippen LogP contribution in [0.4, 0.5) is 5.69 Å². The molecule has 1 N–H and O–H groups in total. The monoisotopic (exact) mass is 420 g/mol. The van der Waals surface area contributed by atoms with E-state index in [1.165, 1.54) is 11.1 Å². The molecule has 0 saturated carbocycles. The quantitative estimate of drug-likeness (QED) is 0.385. The lowest BCUT2D eigenvalue weighted by molar-refractivity contribution is -0.132. The number of ketones is 1. The lowest BCUT2D eigenvalue weighted by atomic mass is 9.95. The average Bonchev–Trinajstić information content (AvgIpc) is 3.05. The summed E-state index contributed by atoms with van der Waals surface area (Å²) in [5.41, 5.74) is 1.49. The molecule has 1 atom stereocenters. The number of benzene rings is 2. The summed E-state index contributed by atoms with van der Waals surface area (Å²) in [6.45, 7) is 0. The zero-order valence-electron chi connectivity index (χ0n) is 15.9. The van der Waals surface area contributed by atoms with Gasteiger partial charge in [0.15, 0.2) is 0 Å². The predicted octanol–water partition coefficient (Wildman–Crippen LogP) is 4.37. The van der Waals surface area contributed by atoms with E-state index < -0.39 is 17.7 Å². The van der Waals surface area contributed by atoms with Gasteiger partial charge in [0, 0.05) is 16.8 Å². The molecule has 3 aromatic rings. The van der Waals surface area contributed by atoms with Crippen LogP contribution in [0.25, 0.3) is 5.76 Å². The molecule has 0 aliphatic carbocycles. The summed E-state index contributed by atoms with van der Waals surface area (Å²) in [7, 11) is 1.55. The van der Waals surface area contributed by atoms with Gasteiger partial charge in [-0.15, -0.1) is 0 Å². The summed E-state index contributed by atoms with van der Waals surface area (Å²) >= 11 is 5.94. The Hall–Kier alpha value is -3.64. The largest absolute Gasteiger partial charge is 0.507 e. The van der Waals surface area contributed by atoms with Gasteiger partial charge < -0.3 is 9.84 Å². The van der Waals surface area contributed by atoms with Crippen LogP contribution in [0.1, 0.15) is 17.2 Å². The zero-order chi connectivity index (χ0) is 21.3. The second-order valence-electron chi connectivity index (χ2n) is 6.66. The Morgan fingerprint density at radius 1 is 1.07 bits per heavy atom. The number of nitrogens with zero attached hydrogens (tertiary/aromatic N) is 2. The maximum atomic E-state index is 13.0. The van der Waals surface area contributed by atoms with E-state index in [0.717, 1.165) is 0 Å². The first kappa shape index (κ1) is 19.7. The number of anilines is 1. The molecule has 1 aliphatic rings. The van der Waals surface area contributed by atoms with E-state index in [9.17, 15) is 14.7 Å². The van der Waals surface area contributed by atoms with E-state index in [1.807, 2.05) is 0 Å². The van der Waals surface area contributed by atoms with Gasteiger partial charge in [-0.3, -0.25) is 19.5 Å². The van der Waals surface area contributed by atoms with Gasteiger partial charge in [-0.1, -0.05) is 23.7 Å². The maximum Gasteiger partial charge on any atom is 0.300 e. The molecule has 2 heterocycles. The Bertz CT molecular complexity index is 1130. The van der Waals surface area contributed by atoms with Crippen molar-refractivity contribution < 1.29 is 19.4 Å². The number of carbonyl (C=O) groups is 2. The molecule has 1 aromatic heterocycles. The summed E-state index contributed by atoms with van der Waals surface area (Å²) in [5.74, 6) is -1.14. The number of aromatic nitrogens is 1. The lowest BCUT2D eigenvalue weighted by Gasteiger charge is -2.25. The number of hydrogen-bond acceptors (Lipinski definition) is 5. The second-order valence-corrected chi connectivity index (χ2v) is 7.10. The standard InChI is InChI=1S/C23H17ClN2O4/c1-30-18-10-6-14(7-11-18)20-19(21(27)15-4-8-16(24)9-5-15)22(28)23(29)26(20)17-3-2-12-25-13-17/h2-13,20,27H,1H3. The van der Waals surface area contributed by atoms with Gasteiger partial charge in [-0.25, -0.2) is 0 Å². The summed E-state index contributed by atoms with van der Waals surface area (Å²) in [6.07, 6.45) is 3.08. The number of amides is 1. The SMILES string of the molecule is COc1ccc(C2C(=C(O)c3ccc(Cl)cc3)C(=O)C(=O)N2c2cccnc2)cc1. The number of aliphatic hydroxyl groups is 1. The highest BCUT2D eigenvalue weighted by molar-refractivity contribution is 6.51. The van der Waals surface area contributed by atoms with Crippen molar-refractivity contribution in [2.45, 2.75) is 6.04 Å². The number of pyridine rings is 1. The third-order valence-electron chi connectivity index (χ3n) is 4.92. The van der Waals surface area contributed by atoms with Gasteiger partial charge in [-0.05, 0) is 54.1 Å². The first-order valence-electron chi connectivity index (χ1n) is 9.12. The Labute approximate surface area is 178 Å². The van der Waals surface area contributed by atoms with Crippen LogP contribution in [0.3, 0.4) is 0 Å². The molecule has 2 aromatic carbocycles. The number of Topliss-reactive ketones (excluding diaryl/α,β-unsaturated/α-hetero) is 1. The Morgan fingerprint density at radius 2 is 1.77 bits per heavy atom. The summed E-state index contributed by atoms with van der Waals surface area (Å²) in [5, 5.41) is 11.5. The molecule has 4 rings (SSSR count). The van der Waals surface area contributed by atoms with Crippen LogP contribution >= 0.6 is 11.6 Å². The van der Waals surface area contributed by atoms with E-state index in [-0.39, 0.29) is 11.3 Å². The predicted molar refractivity (Wildman–Crippen MR) is 113 cm³/mol. The first-order valence-corrected chi connectivity index (χ1v) is 9.50. The fourth-order valence-corrected chi connectivity index (χ4v) is 3.59. The smallest absolute Gasteiger partial charge is 0.300 e. The van der Waals surface area contributed by atoms with Crippen LogP contribution in [-0.4, -0.2) is 28.9 Å². The van der Waals surface area contributed by atoms with Crippen molar-refractivity contribution in [2.24, 2.45) is 0 Å². The molecular formula is C23H17ClN2O4. The molecule has 30 heavy (non-hydrogen) atoms. The molecule has 0 spiro atoms. The lowest BCUT2D eigenvalue weighted by Crippen LogP contribution is -2.29. The molecule has 1 saturated heterocycles. The highest BCUT2D eigenvalue weighted by Crippen LogP contribution is 2.42. The van der Waals surface area contributed by atoms with E-state index in [2.05, 4.69) is 4.98 Å². The average molecular weight is 421 g/mol. The second kappa shape index (κ2) is 8.00. The van der Waals surface area contributed by atoms with Crippen molar-refractivity contribution in [1.82, 2.24) is 4.98 Å². The summed E-state index contributed by atoms with van der Waals surface area (Å²) < 4.78 is 5.21. The van der Waals surface area contributed by atoms with E-state index in [1.54, 1.807) is 74.0 Å². The van der Waals surface area contributed by atoms with E-state index >= 15 is 0 Å². The number of rotatable bonds is 4. The van der Waals surface area contributed by atoms with Crippen molar-refractivity contribution >= 4 is 34.7 Å². The van der Waals surface area contributed by atoms with Crippen molar-refractivity contribution in [3.05, 3.63) is 94.8 Å². The number of carbonyl (C=O) groups excluding carboxylic acids is 2. The van der Waals surface area contributed by atoms with E-state index in [4.69, 9.17) is 16.3 Å². The molecule has 0 radical (unpaired) electrons. The molecule has 1 unspecified atom stereocenters. The number of methoxy groups -OCH3 is 1. The van der Waals surface area contributed by atoms with Gasteiger partial charge in [-0.2, -0.15) is 0 Å². The van der Waals surface area contributed by atoms with Crippen LogP contribution in [-0.2, 0) is 9.59 Å². The molecule has 0 bridgehead atoms. The minimum absolute atomic E-state index is 0.00339. The van der Waals surface area contributed by atoms with Gasteiger partial charge >= 0.3 is 0 Å². The third-order valence-corrected chi connectivity index (χ3v) is 5.17. The topological polar surface area (TPSA) is 79.7 Å². The van der Waals surface area contributed by atoms with Crippen LogP contribution in [0, 0.1) is 0 Å². The first-order chi connectivity index (χ1) is 14.5. The van der Waals surface area contributed by atoms with Crippen LogP contribution in [0.2, 0.25) is 5.02 Å². The highest BCUT2D eigenvalue weighted by atomic mass is 35.5. The minimum atomic E-state index is -0.823. The Balaban J connectivity index is 1.92. The van der Waals surface area contributed by atoms with Crippen molar-refractivity contribution in [2.75, 3.05) is 12.0 Å². The maximum absolute atomic E-state index is 13.0. The number of halogens is 1. The Morgan fingerprint density at radius 3 is 2.37 bits per heavy atom. The molecule has 1 fully saturated rings. The summed E-state index contributed by atoms with van der Waals surface area (Å²) in [6, 6.07) is 15.9.